The molecule has 2 unspecified atom stereocenters. The molecule has 0 aliphatic heterocycles. The lowest BCUT2D eigenvalue weighted by molar-refractivity contribution is 0.203. The van der Waals surface area contributed by atoms with Crippen LogP contribution < -0.4 is 10.5 Å². The number of aliphatic hydroxyl groups excluding tert-OH is 1. The second-order valence-corrected chi connectivity index (χ2v) is 6.09. The first-order valence-corrected chi connectivity index (χ1v) is 7.96. The van der Waals surface area contributed by atoms with E-state index in [1.54, 1.807) is 18.2 Å². The Hall–Kier alpha value is -1.69. The summed E-state index contributed by atoms with van der Waals surface area (Å²) in [4.78, 5) is 0.595. The number of para-hydroxylation sites is 1. The largest absolute Gasteiger partial charge is 0.495 e. The van der Waals surface area contributed by atoms with Gasteiger partial charge in [0.2, 0.25) is 0 Å². The minimum absolute atomic E-state index is 0.127. The molecule has 0 bridgehead atoms. The standard InChI is InChI=1S/C16H19NO3S/c1-20-15-4-2-3-5-16(15)21(19)11-14(18)13-8-6-12(10-17)7-9-13/h2-9,14,18H,10-11,17H2,1H3. The SMILES string of the molecule is COc1ccccc1S(=O)CC(O)c1ccc(CN)cc1. The van der Waals surface area contributed by atoms with Crippen molar-refractivity contribution in [3.05, 3.63) is 59.7 Å². The topological polar surface area (TPSA) is 72.5 Å². The second-order valence-electron chi connectivity index (χ2n) is 4.62. The molecule has 5 heteroatoms. The van der Waals surface area contributed by atoms with E-state index in [-0.39, 0.29) is 5.75 Å². The molecule has 112 valence electrons. The monoisotopic (exact) mass is 305 g/mol. The fraction of sp³-hybridized carbons (Fsp3) is 0.250. The lowest BCUT2D eigenvalue weighted by Gasteiger charge is -2.13. The van der Waals surface area contributed by atoms with Gasteiger partial charge in [-0.15, -0.1) is 0 Å². The van der Waals surface area contributed by atoms with Crippen molar-refractivity contribution in [3.63, 3.8) is 0 Å². The van der Waals surface area contributed by atoms with Crippen LogP contribution in [0.15, 0.2) is 53.4 Å². The summed E-state index contributed by atoms with van der Waals surface area (Å²) in [7, 11) is 0.207. The zero-order valence-electron chi connectivity index (χ0n) is 11.9. The summed E-state index contributed by atoms with van der Waals surface area (Å²) < 4.78 is 17.6. The third-order valence-corrected chi connectivity index (χ3v) is 4.67. The molecule has 0 spiro atoms. The Kier molecular flexibility index (Phi) is 5.50. The maximum Gasteiger partial charge on any atom is 0.134 e. The van der Waals surface area contributed by atoms with Gasteiger partial charge in [-0.25, -0.2) is 0 Å². The highest BCUT2D eigenvalue weighted by Crippen LogP contribution is 2.24. The molecule has 0 aliphatic carbocycles. The van der Waals surface area contributed by atoms with E-state index >= 15 is 0 Å². The minimum Gasteiger partial charge on any atom is -0.495 e. The maximum absolute atomic E-state index is 12.4. The van der Waals surface area contributed by atoms with Gasteiger partial charge in [0.25, 0.3) is 0 Å². The lowest BCUT2D eigenvalue weighted by Crippen LogP contribution is -2.10. The van der Waals surface area contributed by atoms with Gasteiger partial charge in [0.1, 0.15) is 5.75 Å². The summed E-state index contributed by atoms with van der Waals surface area (Å²) in [6.07, 6.45) is -0.789. The van der Waals surface area contributed by atoms with Crippen molar-refractivity contribution in [2.75, 3.05) is 12.9 Å². The summed E-state index contributed by atoms with van der Waals surface area (Å²) >= 11 is 0. The van der Waals surface area contributed by atoms with E-state index < -0.39 is 16.9 Å². The van der Waals surface area contributed by atoms with Gasteiger partial charge >= 0.3 is 0 Å². The van der Waals surface area contributed by atoms with E-state index in [9.17, 15) is 9.32 Å². The Morgan fingerprint density at radius 3 is 2.48 bits per heavy atom. The minimum atomic E-state index is -1.33. The molecular weight excluding hydrogens is 286 g/mol. The van der Waals surface area contributed by atoms with Crippen molar-refractivity contribution >= 4 is 10.8 Å². The molecule has 2 aromatic rings. The molecule has 0 amide bonds. The van der Waals surface area contributed by atoms with Crippen molar-refractivity contribution in [1.29, 1.82) is 0 Å². The van der Waals surface area contributed by atoms with E-state index in [0.29, 0.717) is 17.2 Å². The number of nitrogens with two attached hydrogens (primary N) is 1. The van der Waals surface area contributed by atoms with Gasteiger partial charge in [-0.1, -0.05) is 36.4 Å². The van der Waals surface area contributed by atoms with Crippen LogP contribution in [0.5, 0.6) is 5.75 Å². The Morgan fingerprint density at radius 1 is 1.19 bits per heavy atom. The van der Waals surface area contributed by atoms with E-state index in [0.717, 1.165) is 11.1 Å². The number of methoxy groups -OCH3 is 1. The number of benzene rings is 2. The summed E-state index contributed by atoms with van der Waals surface area (Å²) in [5.41, 5.74) is 7.27. The van der Waals surface area contributed by atoms with Crippen LogP contribution in [0.3, 0.4) is 0 Å². The number of hydrogen-bond acceptors (Lipinski definition) is 4. The molecule has 0 heterocycles. The lowest BCUT2D eigenvalue weighted by atomic mass is 10.1. The summed E-state index contributed by atoms with van der Waals surface area (Å²) in [6, 6.07) is 14.5. The highest BCUT2D eigenvalue weighted by atomic mass is 32.2. The van der Waals surface area contributed by atoms with Crippen molar-refractivity contribution < 1.29 is 14.1 Å². The van der Waals surface area contributed by atoms with Gasteiger partial charge in [-0.3, -0.25) is 4.21 Å². The number of aliphatic hydroxyl groups is 1. The number of ether oxygens (including phenoxy) is 1. The molecule has 0 aromatic heterocycles. The molecule has 4 nitrogen and oxygen atoms in total. The van der Waals surface area contributed by atoms with Gasteiger partial charge in [-0.2, -0.15) is 0 Å². The highest BCUT2D eigenvalue weighted by Gasteiger charge is 2.16. The fourth-order valence-electron chi connectivity index (χ4n) is 2.01. The summed E-state index contributed by atoms with van der Waals surface area (Å²) in [5.74, 6) is 0.698. The third kappa shape index (κ3) is 3.91. The highest BCUT2D eigenvalue weighted by molar-refractivity contribution is 7.85. The zero-order valence-corrected chi connectivity index (χ0v) is 12.7. The fourth-order valence-corrected chi connectivity index (χ4v) is 3.28. The van der Waals surface area contributed by atoms with Crippen molar-refractivity contribution in [2.45, 2.75) is 17.5 Å². The predicted octanol–water partition coefficient (Wildman–Crippen LogP) is 2.00. The van der Waals surface area contributed by atoms with Crippen LogP contribution in [-0.2, 0) is 17.3 Å². The first kappa shape index (κ1) is 15.7. The van der Waals surface area contributed by atoms with Gasteiger partial charge in [0.05, 0.1) is 34.7 Å². The average Bonchev–Trinajstić information content (AvgIpc) is 2.54. The van der Waals surface area contributed by atoms with Crippen LogP contribution in [0.1, 0.15) is 17.2 Å². The van der Waals surface area contributed by atoms with E-state index in [1.807, 2.05) is 30.3 Å². The van der Waals surface area contributed by atoms with Crippen LogP contribution in [-0.4, -0.2) is 22.2 Å². The Bertz CT molecular complexity index is 613. The Labute approximate surface area is 127 Å². The molecule has 0 saturated heterocycles. The number of hydrogen-bond donors (Lipinski definition) is 2. The molecule has 2 aromatic carbocycles. The predicted molar refractivity (Wildman–Crippen MR) is 83.6 cm³/mol. The van der Waals surface area contributed by atoms with Crippen molar-refractivity contribution in [1.82, 2.24) is 0 Å². The van der Waals surface area contributed by atoms with Crippen LogP contribution in [0.4, 0.5) is 0 Å². The summed E-state index contributed by atoms with van der Waals surface area (Å²) in [6.45, 7) is 0.462. The van der Waals surface area contributed by atoms with Crippen molar-refractivity contribution in [2.24, 2.45) is 5.73 Å². The van der Waals surface area contributed by atoms with Gasteiger partial charge < -0.3 is 15.6 Å². The van der Waals surface area contributed by atoms with Crippen LogP contribution in [0, 0.1) is 0 Å². The molecular formula is C16H19NO3S. The first-order valence-electron chi connectivity index (χ1n) is 6.64. The smallest absolute Gasteiger partial charge is 0.134 e. The van der Waals surface area contributed by atoms with Crippen LogP contribution in [0.25, 0.3) is 0 Å². The normalized spacial score (nSPS) is 13.7. The molecule has 2 rings (SSSR count). The molecule has 0 radical (unpaired) electrons. The summed E-state index contributed by atoms with van der Waals surface area (Å²) in [5, 5.41) is 10.2. The van der Waals surface area contributed by atoms with E-state index in [4.69, 9.17) is 10.5 Å². The molecule has 3 N–H and O–H groups in total. The quantitative estimate of drug-likeness (QED) is 0.856. The molecule has 21 heavy (non-hydrogen) atoms. The van der Waals surface area contributed by atoms with Gasteiger partial charge in [0, 0.05) is 6.54 Å². The first-order chi connectivity index (χ1) is 10.2. The van der Waals surface area contributed by atoms with E-state index in [1.165, 1.54) is 7.11 Å². The third-order valence-electron chi connectivity index (χ3n) is 3.22. The zero-order chi connectivity index (χ0) is 15.2. The van der Waals surface area contributed by atoms with Crippen molar-refractivity contribution in [3.8, 4) is 5.75 Å². The Morgan fingerprint density at radius 2 is 1.86 bits per heavy atom. The molecule has 2 atom stereocenters. The molecule has 0 aliphatic rings. The van der Waals surface area contributed by atoms with Gasteiger partial charge in [-0.05, 0) is 23.3 Å². The molecule has 0 fully saturated rings. The second kappa shape index (κ2) is 7.36. The molecule has 0 saturated carbocycles. The number of rotatable bonds is 6. The van der Waals surface area contributed by atoms with E-state index in [2.05, 4.69) is 0 Å². The van der Waals surface area contributed by atoms with Crippen LogP contribution >= 0.6 is 0 Å². The van der Waals surface area contributed by atoms with Gasteiger partial charge in [0.15, 0.2) is 0 Å². The van der Waals surface area contributed by atoms with Crippen LogP contribution in [0.2, 0.25) is 0 Å². The Balaban J connectivity index is 2.11. The maximum atomic E-state index is 12.4. The average molecular weight is 305 g/mol.